The smallest absolute Gasteiger partial charge is 0.191 e. The van der Waals surface area contributed by atoms with Crippen LogP contribution in [0.5, 0.6) is 0 Å². The molecule has 0 aliphatic carbocycles. The predicted octanol–water partition coefficient (Wildman–Crippen LogP) is 4.92. The van der Waals surface area contributed by atoms with Crippen LogP contribution in [-0.4, -0.2) is 22.6 Å². The number of imidazole rings is 1. The summed E-state index contributed by atoms with van der Waals surface area (Å²) in [5.74, 6) is 1.61. The van der Waals surface area contributed by atoms with Crippen LogP contribution in [0.1, 0.15) is 24.4 Å². The van der Waals surface area contributed by atoms with Crippen LogP contribution < -0.4 is 10.6 Å². The molecule has 0 radical (unpaired) electrons. The molecule has 1 unspecified atom stereocenters. The summed E-state index contributed by atoms with van der Waals surface area (Å²) in [7, 11) is 3.75. The first-order valence-corrected chi connectivity index (χ1v) is 9.07. The highest BCUT2D eigenvalue weighted by Crippen LogP contribution is 2.26. The number of aryl methyl sites for hydroxylation is 1. The maximum Gasteiger partial charge on any atom is 0.191 e. The summed E-state index contributed by atoms with van der Waals surface area (Å²) < 4.78 is 2.08. The largest absolute Gasteiger partial charge is 0.350 e. The Morgan fingerprint density at radius 2 is 1.96 bits per heavy atom. The predicted molar refractivity (Wildman–Crippen MR) is 124 cm³/mol. The molecule has 1 heterocycles. The molecular formula is C19H22Cl2IN5. The Labute approximate surface area is 186 Å². The molecule has 3 aromatic rings. The summed E-state index contributed by atoms with van der Waals surface area (Å²) in [5.41, 5.74) is 3.05. The van der Waals surface area contributed by atoms with Crippen molar-refractivity contribution in [3.05, 3.63) is 63.9 Å². The van der Waals surface area contributed by atoms with Gasteiger partial charge in [-0.1, -0.05) is 41.4 Å². The van der Waals surface area contributed by atoms with Crippen molar-refractivity contribution in [2.45, 2.75) is 19.5 Å². The van der Waals surface area contributed by atoms with Gasteiger partial charge in [-0.05, 0) is 36.8 Å². The number of rotatable bonds is 4. The Hall–Kier alpha value is -1.51. The SMILES string of the molecule is CN=C(NCc1nc2ccccc2n1C)NC(C)c1ccc(Cl)cc1Cl.I. The normalized spacial score (nSPS) is 12.6. The molecule has 3 rings (SSSR count). The second kappa shape index (κ2) is 9.61. The van der Waals surface area contributed by atoms with Gasteiger partial charge in [0.05, 0.1) is 23.6 Å². The van der Waals surface area contributed by atoms with Gasteiger partial charge in [-0.15, -0.1) is 24.0 Å². The number of guanidine groups is 1. The van der Waals surface area contributed by atoms with Crippen LogP contribution >= 0.6 is 47.2 Å². The van der Waals surface area contributed by atoms with E-state index >= 15 is 0 Å². The molecule has 0 spiro atoms. The van der Waals surface area contributed by atoms with Gasteiger partial charge in [-0.2, -0.15) is 0 Å². The zero-order valence-corrected chi connectivity index (χ0v) is 19.2. The van der Waals surface area contributed by atoms with E-state index in [1.165, 1.54) is 0 Å². The summed E-state index contributed by atoms with van der Waals surface area (Å²) in [6, 6.07) is 13.5. The van der Waals surface area contributed by atoms with Crippen molar-refractivity contribution in [2.75, 3.05) is 7.05 Å². The van der Waals surface area contributed by atoms with Gasteiger partial charge in [0.1, 0.15) is 5.82 Å². The molecule has 0 aliphatic heterocycles. The maximum absolute atomic E-state index is 6.29. The molecule has 5 nitrogen and oxygen atoms in total. The zero-order chi connectivity index (χ0) is 18.7. The standard InChI is InChI=1S/C19H21Cl2N5.HI/c1-12(14-9-8-13(20)10-15(14)21)24-19(22-2)23-11-18-25-16-6-4-5-7-17(16)26(18)3;/h4-10,12H,11H2,1-3H3,(H2,22,23,24);1H. The molecule has 0 bridgehead atoms. The van der Waals surface area contributed by atoms with Crippen LogP contribution in [0.2, 0.25) is 10.0 Å². The molecule has 0 fully saturated rings. The number of nitrogens with one attached hydrogen (secondary N) is 2. The third-order valence-electron chi connectivity index (χ3n) is 4.30. The lowest BCUT2D eigenvalue weighted by Crippen LogP contribution is -2.38. The first kappa shape index (κ1) is 21.8. The van der Waals surface area contributed by atoms with Gasteiger partial charge in [0, 0.05) is 24.1 Å². The van der Waals surface area contributed by atoms with E-state index in [0.29, 0.717) is 22.5 Å². The number of aliphatic imine (C=N–C) groups is 1. The van der Waals surface area contributed by atoms with Crippen molar-refractivity contribution in [1.29, 1.82) is 0 Å². The van der Waals surface area contributed by atoms with Crippen LogP contribution in [0, 0.1) is 0 Å². The maximum atomic E-state index is 6.29. The van der Waals surface area contributed by atoms with Gasteiger partial charge in [-0.25, -0.2) is 4.98 Å². The van der Waals surface area contributed by atoms with Gasteiger partial charge >= 0.3 is 0 Å². The van der Waals surface area contributed by atoms with E-state index in [9.17, 15) is 0 Å². The van der Waals surface area contributed by atoms with Gasteiger partial charge < -0.3 is 15.2 Å². The van der Waals surface area contributed by atoms with Crippen LogP contribution in [0.3, 0.4) is 0 Å². The Morgan fingerprint density at radius 3 is 2.63 bits per heavy atom. The molecular weight excluding hydrogens is 496 g/mol. The molecule has 1 atom stereocenters. The van der Waals surface area contributed by atoms with Crippen molar-refractivity contribution in [3.8, 4) is 0 Å². The molecule has 8 heteroatoms. The Kier molecular flexibility index (Phi) is 7.76. The van der Waals surface area contributed by atoms with Crippen molar-refractivity contribution in [3.63, 3.8) is 0 Å². The first-order chi connectivity index (χ1) is 12.5. The van der Waals surface area contributed by atoms with E-state index in [1.54, 1.807) is 13.1 Å². The van der Waals surface area contributed by atoms with Crippen molar-refractivity contribution >= 4 is 64.2 Å². The van der Waals surface area contributed by atoms with Gasteiger partial charge in [0.2, 0.25) is 0 Å². The minimum atomic E-state index is -0.0218. The van der Waals surface area contributed by atoms with Gasteiger partial charge in [0.15, 0.2) is 5.96 Å². The third-order valence-corrected chi connectivity index (χ3v) is 4.86. The number of nitrogens with zero attached hydrogens (tertiary/aromatic N) is 3. The number of para-hydroxylation sites is 2. The minimum absolute atomic E-state index is 0. The third kappa shape index (κ3) is 5.06. The van der Waals surface area contributed by atoms with Crippen LogP contribution in [0.15, 0.2) is 47.5 Å². The summed E-state index contributed by atoms with van der Waals surface area (Å²) >= 11 is 12.3. The van der Waals surface area contributed by atoms with E-state index in [0.717, 1.165) is 22.4 Å². The van der Waals surface area contributed by atoms with E-state index < -0.39 is 0 Å². The lowest BCUT2D eigenvalue weighted by atomic mass is 10.1. The second-order valence-electron chi connectivity index (χ2n) is 6.03. The molecule has 1 aromatic heterocycles. The Balaban J connectivity index is 0.00000261. The van der Waals surface area contributed by atoms with Crippen molar-refractivity contribution in [2.24, 2.45) is 12.0 Å². The summed E-state index contributed by atoms with van der Waals surface area (Å²) in [6.45, 7) is 2.59. The molecule has 2 aromatic carbocycles. The lowest BCUT2D eigenvalue weighted by Gasteiger charge is -2.19. The van der Waals surface area contributed by atoms with Crippen LogP contribution in [0.4, 0.5) is 0 Å². The van der Waals surface area contributed by atoms with Crippen LogP contribution in [0.25, 0.3) is 11.0 Å². The Morgan fingerprint density at radius 1 is 1.22 bits per heavy atom. The highest BCUT2D eigenvalue weighted by atomic mass is 127. The zero-order valence-electron chi connectivity index (χ0n) is 15.3. The fourth-order valence-electron chi connectivity index (χ4n) is 2.85. The van der Waals surface area contributed by atoms with Gasteiger partial charge in [-0.3, -0.25) is 4.99 Å². The van der Waals surface area contributed by atoms with E-state index in [-0.39, 0.29) is 30.0 Å². The highest BCUT2D eigenvalue weighted by molar-refractivity contribution is 14.0. The number of aromatic nitrogens is 2. The number of benzene rings is 2. The molecule has 0 amide bonds. The first-order valence-electron chi connectivity index (χ1n) is 8.32. The number of hydrogen-bond donors (Lipinski definition) is 2. The Bertz CT molecular complexity index is 954. The van der Waals surface area contributed by atoms with Gasteiger partial charge in [0.25, 0.3) is 0 Å². The minimum Gasteiger partial charge on any atom is -0.350 e. The molecule has 0 saturated heterocycles. The topological polar surface area (TPSA) is 54.2 Å². The number of fused-ring (bicyclic) bond motifs is 1. The summed E-state index contributed by atoms with van der Waals surface area (Å²) in [5, 5.41) is 7.90. The fraction of sp³-hybridized carbons (Fsp3) is 0.263. The van der Waals surface area contributed by atoms with E-state index in [1.807, 2.05) is 44.3 Å². The van der Waals surface area contributed by atoms with Crippen molar-refractivity contribution in [1.82, 2.24) is 20.2 Å². The van der Waals surface area contributed by atoms with Crippen molar-refractivity contribution < 1.29 is 0 Å². The molecule has 27 heavy (non-hydrogen) atoms. The number of halogens is 3. The summed E-state index contributed by atoms with van der Waals surface area (Å²) in [4.78, 5) is 8.95. The van der Waals surface area contributed by atoms with E-state index in [4.69, 9.17) is 23.2 Å². The molecule has 144 valence electrons. The highest BCUT2D eigenvalue weighted by Gasteiger charge is 2.13. The second-order valence-corrected chi connectivity index (χ2v) is 6.88. The molecule has 0 aliphatic rings. The summed E-state index contributed by atoms with van der Waals surface area (Å²) in [6.07, 6.45) is 0. The lowest BCUT2D eigenvalue weighted by molar-refractivity contribution is 0.672. The van der Waals surface area contributed by atoms with E-state index in [2.05, 4.69) is 31.2 Å². The monoisotopic (exact) mass is 517 g/mol. The van der Waals surface area contributed by atoms with Crippen LogP contribution in [-0.2, 0) is 13.6 Å². The molecule has 2 N–H and O–H groups in total. The average Bonchev–Trinajstić information content (AvgIpc) is 2.94. The number of hydrogen-bond acceptors (Lipinski definition) is 2. The quantitative estimate of drug-likeness (QED) is 0.293. The molecule has 0 saturated carbocycles. The fourth-order valence-corrected chi connectivity index (χ4v) is 3.42. The average molecular weight is 518 g/mol.